The molecule has 0 aromatic carbocycles. The van der Waals surface area contributed by atoms with E-state index in [2.05, 4.69) is 20.3 Å². The van der Waals surface area contributed by atoms with Crippen molar-refractivity contribution in [2.24, 2.45) is 0 Å². The topological polar surface area (TPSA) is 59.9 Å². The van der Waals surface area contributed by atoms with Gasteiger partial charge in [0, 0.05) is 6.20 Å². The van der Waals surface area contributed by atoms with Gasteiger partial charge in [0.2, 0.25) is 5.88 Å². The first-order chi connectivity index (χ1) is 11.3. The number of nitrogens with zero attached hydrogens (tertiary/aromatic N) is 3. The molecular formula is C14H13Cl3F2N4O. The number of aromatic nitrogens is 3. The van der Waals surface area contributed by atoms with E-state index in [0.717, 1.165) is 0 Å². The van der Waals surface area contributed by atoms with Gasteiger partial charge in [-0.25, -0.2) is 23.7 Å². The van der Waals surface area contributed by atoms with E-state index in [-0.39, 0.29) is 34.1 Å². The third-order valence-corrected chi connectivity index (χ3v) is 3.69. The lowest BCUT2D eigenvalue weighted by molar-refractivity contribution is 0.146. The van der Waals surface area contributed by atoms with Crippen molar-refractivity contribution in [3.63, 3.8) is 0 Å². The monoisotopic (exact) mass is 396 g/mol. The molecule has 130 valence electrons. The smallest absolute Gasteiger partial charge is 0.282 e. The van der Waals surface area contributed by atoms with Crippen LogP contribution >= 0.6 is 34.8 Å². The van der Waals surface area contributed by atoms with Gasteiger partial charge in [-0.2, -0.15) is 0 Å². The molecule has 10 heteroatoms. The molecule has 2 heterocycles. The molecule has 0 bridgehead atoms. The van der Waals surface area contributed by atoms with Crippen LogP contribution in [0.1, 0.15) is 24.9 Å². The predicted octanol–water partition coefficient (Wildman–Crippen LogP) is 4.96. The van der Waals surface area contributed by atoms with Gasteiger partial charge in [-0.05, 0) is 19.9 Å². The van der Waals surface area contributed by atoms with Crippen molar-refractivity contribution >= 4 is 40.6 Å². The van der Waals surface area contributed by atoms with Crippen LogP contribution < -0.4 is 10.1 Å². The van der Waals surface area contributed by atoms with Gasteiger partial charge in [0.25, 0.3) is 6.43 Å². The van der Waals surface area contributed by atoms with Crippen LogP contribution in [0.4, 0.5) is 14.6 Å². The van der Waals surface area contributed by atoms with Gasteiger partial charge in [-0.15, -0.1) is 0 Å². The summed E-state index contributed by atoms with van der Waals surface area (Å²) in [6, 6.07) is 1.51. The van der Waals surface area contributed by atoms with Crippen molar-refractivity contribution in [1.82, 2.24) is 15.0 Å². The van der Waals surface area contributed by atoms with E-state index in [1.165, 1.54) is 19.2 Å². The molecule has 24 heavy (non-hydrogen) atoms. The SMILES string of the molecule is Cc1nc(NCC(C)Oc2ncc(Cl)cc2Cl)c(Cl)c(C(F)F)n1. The van der Waals surface area contributed by atoms with Crippen LogP contribution in [0.2, 0.25) is 15.1 Å². The lowest BCUT2D eigenvalue weighted by Gasteiger charge is -2.17. The second kappa shape index (κ2) is 8.09. The van der Waals surface area contributed by atoms with Crippen LogP contribution in [-0.4, -0.2) is 27.6 Å². The molecule has 0 radical (unpaired) electrons. The number of nitrogens with one attached hydrogen (secondary N) is 1. The molecule has 0 aliphatic rings. The Morgan fingerprint density at radius 1 is 1.25 bits per heavy atom. The van der Waals surface area contributed by atoms with E-state index in [4.69, 9.17) is 39.5 Å². The third-order valence-electron chi connectivity index (χ3n) is 2.84. The number of halogens is 5. The summed E-state index contributed by atoms with van der Waals surface area (Å²) in [5.74, 6) is 0.520. The number of hydrogen-bond acceptors (Lipinski definition) is 5. The van der Waals surface area contributed by atoms with E-state index < -0.39 is 18.2 Å². The standard InChI is InChI=1S/C14H13Cl3F2N4O/c1-6(24-14-9(16)3-8(15)5-21-14)4-20-13-10(17)11(12(18)19)22-7(2)23-13/h3,5-6,12H,4H2,1-2H3,(H,20,22,23). The minimum absolute atomic E-state index is 0.116. The lowest BCUT2D eigenvalue weighted by atomic mass is 10.3. The average molecular weight is 398 g/mol. The molecular weight excluding hydrogens is 385 g/mol. The summed E-state index contributed by atoms with van der Waals surface area (Å²) in [7, 11) is 0. The number of rotatable bonds is 6. The van der Waals surface area contributed by atoms with Crippen molar-refractivity contribution < 1.29 is 13.5 Å². The molecule has 0 fully saturated rings. The van der Waals surface area contributed by atoms with Gasteiger partial charge >= 0.3 is 0 Å². The Kier molecular flexibility index (Phi) is 6.37. The van der Waals surface area contributed by atoms with Gasteiger partial charge < -0.3 is 10.1 Å². The van der Waals surface area contributed by atoms with Crippen LogP contribution in [0.15, 0.2) is 12.3 Å². The normalized spacial score (nSPS) is 12.3. The lowest BCUT2D eigenvalue weighted by Crippen LogP contribution is -2.24. The summed E-state index contributed by atoms with van der Waals surface area (Å²) in [5.41, 5.74) is -0.511. The molecule has 1 atom stereocenters. The molecule has 0 spiro atoms. The Morgan fingerprint density at radius 3 is 2.58 bits per heavy atom. The maximum Gasteiger partial charge on any atom is 0.282 e. The highest BCUT2D eigenvalue weighted by molar-refractivity contribution is 6.35. The van der Waals surface area contributed by atoms with Crippen molar-refractivity contribution in [3.8, 4) is 5.88 Å². The van der Waals surface area contributed by atoms with Gasteiger partial charge in [-0.1, -0.05) is 34.8 Å². The Morgan fingerprint density at radius 2 is 1.96 bits per heavy atom. The number of pyridine rings is 1. The first-order valence-corrected chi connectivity index (χ1v) is 7.95. The Balaban J connectivity index is 2.05. The number of alkyl halides is 2. The number of aryl methyl sites for hydroxylation is 1. The maximum atomic E-state index is 12.9. The van der Waals surface area contributed by atoms with Crippen LogP contribution in [0.5, 0.6) is 5.88 Å². The fourth-order valence-corrected chi connectivity index (χ4v) is 2.46. The Hall–Kier alpha value is -1.44. The predicted molar refractivity (Wildman–Crippen MR) is 89.6 cm³/mol. The molecule has 0 amide bonds. The fraction of sp³-hybridized carbons (Fsp3) is 0.357. The quantitative estimate of drug-likeness (QED) is 0.747. The average Bonchev–Trinajstić information content (AvgIpc) is 2.50. The van der Waals surface area contributed by atoms with E-state index in [1.54, 1.807) is 6.92 Å². The van der Waals surface area contributed by atoms with E-state index in [9.17, 15) is 8.78 Å². The zero-order chi connectivity index (χ0) is 17.9. The number of anilines is 1. The molecule has 5 nitrogen and oxygen atoms in total. The highest BCUT2D eigenvalue weighted by atomic mass is 35.5. The largest absolute Gasteiger partial charge is 0.472 e. The summed E-state index contributed by atoms with van der Waals surface area (Å²) in [6.07, 6.45) is -1.77. The summed E-state index contributed by atoms with van der Waals surface area (Å²) in [5, 5.41) is 3.30. The van der Waals surface area contributed by atoms with Gasteiger partial charge in [-0.3, -0.25) is 0 Å². The summed E-state index contributed by atoms with van der Waals surface area (Å²) >= 11 is 17.6. The number of hydrogen-bond donors (Lipinski definition) is 1. The maximum absolute atomic E-state index is 12.9. The van der Waals surface area contributed by atoms with Crippen molar-refractivity contribution in [2.45, 2.75) is 26.4 Å². The van der Waals surface area contributed by atoms with Gasteiger partial charge in [0.05, 0.1) is 11.6 Å². The second-order valence-corrected chi connectivity index (χ2v) is 6.09. The molecule has 0 saturated carbocycles. The third kappa shape index (κ3) is 4.78. The first-order valence-electron chi connectivity index (χ1n) is 6.81. The van der Waals surface area contributed by atoms with Crippen LogP contribution in [0.25, 0.3) is 0 Å². The summed E-state index contributed by atoms with van der Waals surface area (Å²) in [6.45, 7) is 3.49. The minimum atomic E-state index is -2.79. The van der Waals surface area contributed by atoms with Crippen LogP contribution in [-0.2, 0) is 0 Å². The van der Waals surface area contributed by atoms with E-state index >= 15 is 0 Å². The van der Waals surface area contributed by atoms with Gasteiger partial charge in [0.15, 0.2) is 0 Å². The molecule has 0 saturated heterocycles. The molecule has 2 rings (SSSR count). The van der Waals surface area contributed by atoms with Crippen molar-refractivity contribution in [1.29, 1.82) is 0 Å². The summed E-state index contributed by atoms with van der Waals surface area (Å²) < 4.78 is 31.4. The molecule has 1 N–H and O–H groups in total. The molecule has 1 unspecified atom stereocenters. The zero-order valence-electron chi connectivity index (χ0n) is 12.7. The molecule has 2 aromatic heterocycles. The van der Waals surface area contributed by atoms with Crippen molar-refractivity contribution in [3.05, 3.63) is 38.8 Å². The van der Waals surface area contributed by atoms with Gasteiger partial charge in [0.1, 0.15) is 33.5 Å². The van der Waals surface area contributed by atoms with Crippen LogP contribution in [0, 0.1) is 6.92 Å². The fourth-order valence-electron chi connectivity index (χ4n) is 1.80. The summed E-state index contributed by atoms with van der Waals surface area (Å²) in [4.78, 5) is 11.6. The molecule has 0 aliphatic heterocycles. The second-order valence-electron chi connectivity index (χ2n) is 4.87. The van der Waals surface area contributed by atoms with Crippen molar-refractivity contribution in [2.75, 3.05) is 11.9 Å². The Labute approximate surface area is 152 Å². The van der Waals surface area contributed by atoms with Crippen LogP contribution in [0.3, 0.4) is 0 Å². The minimum Gasteiger partial charge on any atom is -0.472 e. The zero-order valence-corrected chi connectivity index (χ0v) is 14.9. The van der Waals surface area contributed by atoms with E-state index in [1.807, 2.05) is 0 Å². The highest BCUT2D eigenvalue weighted by Gasteiger charge is 2.19. The van der Waals surface area contributed by atoms with E-state index in [0.29, 0.717) is 5.02 Å². The Bertz CT molecular complexity index is 733. The highest BCUT2D eigenvalue weighted by Crippen LogP contribution is 2.30. The first kappa shape index (κ1) is 18.9. The number of ether oxygens (including phenoxy) is 1. The molecule has 2 aromatic rings. The molecule has 0 aliphatic carbocycles.